The predicted octanol–water partition coefficient (Wildman–Crippen LogP) is 1.91. The van der Waals surface area contributed by atoms with Crippen LogP contribution in [0.1, 0.15) is 38.5 Å². The molecule has 0 aromatic carbocycles. The Morgan fingerprint density at radius 2 is 2.00 bits per heavy atom. The van der Waals surface area contributed by atoms with Crippen LogP contribution in [0.3, 0.4) is 0 Å². The number of rotatable bonds is 0. The van der Waals surface area contributed by atoms with Crippen LogP contribution in [0.5, 0.6) is 0 Å². The lowest BCUT2D eigenvalue weighted by molar-refractivity contribution is 0.0300. The molecule has 6 unspecified atom stereocenters. The Bertz CT molecular complexity index is 299. The normalized spacial score (nSPS) is 50.2. The van der Waals surface area contributed by atoms with E-state index in [4.69, 9.17) is 5.73 Å². The van der Waals surface area contributed by atoms with Gasteiger partial charge in [-0.3, -0.25) is 10.2 Å². The molecule has 3 rings (SSSR count). The van der Waals surface area contributed by atoms with Crippen LogP contribution < -0.4 is 11.1 Å². The largest absolute Gasteiger partial charge is 0.327 e. The number of nitrogens with one attached hydrogen (secondary N) is 1. The minimum absolute atomic E-state index is 0.391. The van der Waals surface area contributed by atoms with Gasteiger partial charge in [0.05, 0.1) is 6.17 Å². The molecule has 1 aliphatic carbocycles. The van der Waals surface area contributed by atoms with E-state index in [0.717, 1.165) is 0 Å². The molecule has 0 aromatic heterocycles. The molecular formula is C14H26BrN3. The summed E-state index contributed by atoms with van der Waals surface area (Å²) in [7, 11) is 2.26. The summed E-state index contributed by atoms with van der Waals surface area (Å²) in [6, 6.07) is 1.04. The van der Waals surface area contributed by atoms with Gasteiger partial charge in [-0.15, -0.1) is 0 Å². The summed E-state index contributed by atoms with van der Waals surface area (Å²) < 4.78 is 0. The third-order valence-electron chi connectivity index (χ3n) is 5.39. The van der Waals surface area contributed by atoms with Crippen molar-refractivity contribution in [1.29, 1.82) is 0 Å². The molecule has 4 heteroatoms. The van der Waals surface area contributed by atoms with Gasteiger partial charge in [-0.25, -0.2) is 0 Å². The highest BCUT2D eigenvalue weighted by Gasteiger charge is 2.46. The maximum atomic E-state index is 6.65. The van der Waals surface area contributed by atoms with Crippen LogP contribution in [0.4, 0.5) is 0 Å². The molecule has 0 radical (unpaired) electrons. The van der Waals surface area contributed by atoms with Crippen LogP contribution in [0.15, 0.2) is 0 Å². The highest BCUT2D eigenvalue weighted by molar-refractivity contribution is 9.09. The average Bonchev–Trinajstić information content (AvgIpc) is 2.54. The fourth-order valence-corrected chi connectivity index (χ4v) is 5.04. The number of hydrogen-bond donors (Lipinski definition) is 2. The predicted molar refractivity (Wildman–Crippen MR) is 78.7 cm³/mol. The van der Waals surface area contributed by atoms with Gasteiger partial charge in [0.1, 0.15) is 0 Å². The van der Waals surface area contributed by atoms with Crippen molar-refractivity contribution in [2.45, 2.75) is 61.6 Å². The van der Waals surface area contributed by atoms with Gasteiger partial charge in [-0.2, -0.15) is 0 Å². The van der Waals surface area contributed by atoms with Crippen molar-refractivity contribution in [2.75, 3.05) is 13.6 Å². The van der Waals surface area contributed by atoms with Crippen LogP contribution in [0.2, 0.25) is 0 Å². The summed E-state index contributed by atoms with van der Waals surface area (Å²) in [6.45, 7) is 1.22. The highest BCUT2D eigenvalue weighted by atomic mass is 79.9. The maximum absolute atomic E-state index is 6.65. The molecule has 3 N–H and O–H groups in total. The Kier molecular flexibility index (Phi) is 4.00. The molecule has 104 valence electrons. The molecule has 2 saturated heterocycles. The van der Waals surface area contributed by atoms with Crippen molar-refractivity contribution in [3.8, 4) is 0 Å². The van der Waals surface area contributed by atoms with Gasteiger partial charge in [0.25, 0.3) is 0 Å². The van der Waals surface area contributed by atoms with E-state index in [1.165, 1.54) is 45.1 Å². The first-order valence-electron chi connectivity index (χ1n) is 7.53. The third kappa shape index (κ3) is 2.37. The standard InChI is InChI=1S/C14H26BrN3/c1-18-7-3-2-4-10-13(16)11-8-9(15)5-6-12(11)17-14(10)18/h9-14,17H,2-8,16H2,1H3. The van der Waals surface area contributed by atoms with Crippen molar-refractivity contribution in [3.05, 3.63) is 0 Å². The summed E-state index contributed by atoms with van der Waals surface area (Å²) in [6.07, 6.45) is 8.33. The second-order valence-corrected chi connectivity index (χ2v) is 7.80. The van der Waals surface area contributed by atoms with Crippen molar-refractivity contribution in [3.63, 3.8) is 0 Å². The lowest BCUT2D eigenvalue weighted by Crippen LogP contribution is -2.67. The van der Waals surface area contributed by atoms with Crippen molar-refractivity contribution < 1.29 is 0 Å². The summed E-state index contributed by atoms with van der Waals surface area (Å²) in [4.78, 5) is 3.19. The lowest BCUT2D eigenvalue weighted by Gasteiger charge is -2.51. The van der Waals surface area contributed by atoms with E-state index in [1.54, 1.807) is 0 Å². The van der Waals surface area contributed by atoms with Crippen LogP contribution in [-0.4, -0.2) is 41.6 Å². The monoisotopic (exact) mass is 315 g/mol. The Balaban J connectivity index is 1.79. The zero-order valence-electron chi connectivity index (χ0n) is 11.3. The molecule has 0 bridgehead atoms. The van der Waals surface area contributed by atoms with Crippen LogP contribution in [0, 0.1) is 11.8 Å². The van der Waals surface area contributed by atoms with Gasteiger partial charge in [-0.1, -0.05) is 22.4 Å². The average molecular weight is 316 g/mol. The van der Waals surface area contributed by atoms with E-state index in [0.29, 0.717) is 34.9 Å². The van der Waals surface area contributed by atoms with Crippen LogP contribution in [-0.2, 0) is 0 Å². The minimum atomic E-state index is 0.391. The van der Waals surface area contributed by atoms with Gasteiger partial charge >= 0.3 is 0 Å². The topological polar surface area (TPSA) is 41.3 Å². The van der Waals surface area contributed by atoms with Crippen LogP contribution >= 0.6 is 15.9 Å². The highest BCUT2D eigenvalue weighted by Crippen LogP contribution is 2.39. The molecule has 2 heterocycles. The number of hydrogen-bond acceptors (Lipinski definition) is 3. The second-order valence-electron chi connectivity index (χ2n) is 6.51. The van der Waals surface area contributed by atoms with Crippen LogP contribution in [0.25, 0.3) is 0 Å². The molecular weight excluding hydrogens is 290 g/mol. The second kappa shape index (κ2) is 5.39. The molecule has 0 spiro atoms. The first kappa shape index (κ1) is 13.3. The zero-order valence-corrected chi connectivity index (χ0v) is 12.9. The fourth-order valence-electron chi connectivity index (χ4n) is 4.34. The maximum Gasteiger partial charge on any atom is 0.0640 e. The first-order chi connectivity index (χ1) is 8.66. The Morgan fingerprint density at radius 3 is 2.83 bits per heavy atom. The van der Waals surface area contributed by atoms with E-state index in [2.05, 4.69) is 33.2 Å². The number of alkyl halides is 1. The molecule has 2 aliphatic heterocycles. The molecule has 1 saturated carbocycles. The van der Waals surface area contributed by atoms with E-state index in [9.17, 15) is 0 Å². The molecule has 3 fully saturated rings. The Hall–Kier alpha value is 0.360. The van der Waals surface area contributed by atoms with Gasteiger partial charge in [-0.05, 0) is 51.6 Å². The number of nitrogens with zero attached hydrogens (tertiary/aromatic N) is 1. The number of nitrogens with two attached hydrogens (primary N) is 1. The Labute approximate surface area is 119 Å². The molecule has 6 atom stereocenters. The van der Waals surface area contributed by atoms with E-state index in [-0.39, 0.29) is 0 Å². The lowest BCUT2D eigenvalue weighted by atomic mass is 9.70. The molecule has 0 aromatic rings. The SMILES string of the molecule is CN1CCCCC2C(N)C3CC(Br)CCC3NC21. The minimum Gasteiger partial charge on any atom is -0.327 e. The summed E-state index contributed by atoms with van der Waals surface area (Å²) in [5.41, 5.74) is 6.65. The quantitative estimate of drug-likeness (QED) is 0.671. The molecule has 0 amide bonds. The van der Waals surface area contributed by atoms with Gasteiger partial charge in [0.15, 0.2) is 0 Å². The van der Waals surface area contributed by atoms with E-state index >= 15 is 0 Å². The molecule has 3 nitrogen and oxygen atoms in total. The number of fused-ring (bicyclic) bond motifs is 2. The zero-order chi connectivity index (χ0) is 12.7. The van der Waals surface area contributed by atoms with Gasteiger partial charge in [0, 0.05) is 22.8 Å². The van der Waals surface area contributed by atoms with E-state index in [1.807, 2.05) is 0 Å². The van der Waals surface area contributed by atoms with Crippen molar-refractivity contribution in [1.82, 2.24) is 10.2 Å². The first-order valence-corrected chi connectivity index (χ1v) is 8.44. The number of likely N-dealkylation sites (tertiary alicyclic amines) is 1. The van der Waals surface area contributed by atoms with Gasteiger partial charge in [0.2, 0.25) is 0 Å². The van der Waals surface area contributed by atoms with Gasteiger partial charge < -0.3 is 5.73 Å². The number of piperidine rings is 1. The van der Waals surface area contributed by atoms with Crippen molar-refractivity contribution >= 4 is 15.9 Å². The fraction of sp³-hybridized carbons (Fsp3) is 1.00. The summed E-state index contributed by atoms with van der Waals surface area (Å²) in [5, 5.41) is 3.92. The van der Waals surface area contributed by atoms with E-state index < -0.39 is 0 Å². The Morgan fingerprint density at radius 1 is 1.17 bits per heavy atom. The summed E-state index contributed by atoms with van der Waals surface area (Å²) >= 11 is 3.80. The smallest absolute Gasteiger partial charge is 0.0640 e. The summed E-state index contributed by atoms with van der Waals surface area (Å²) in [5.74, 6) is 1.33. The number of halogens is 1. The molecule has 3 aliphatic rings. The molecule has 18 heavy (non-hydrogen) atoms. The third-order valence-corrected chi connectivity index (χ3v) is 6.22. The van der Waals surface area contributed by atoms with Crippen molar-refractivity contribution in [2.24, 2.45) is 17.6 Å².